The van der Waals surface area contributed by atoms with Crippen LogP contribution in [-0.4, -0.2) is 52.5 Å². The van der Waals surface area contributed by atoms with Crippen LogP contribution in [0.25, 0.3) is 0 Å². The number of hydrogen-bond acceptors (Lipinski definition) is 5. The number of carbonyl (C=O) groups is 1. The molecule has 2 aromatic rings. The van der Waals surface area contributed by atoms with Gasteiger partial charge >= 0.3 is 6.18 Å². The highest BCUT2D eigenvalue weighted by atomic mass is 35.5. The normalized spacial score (nSPS) is 18.7. The van der Waals surface area contributed by atoms with Gasteiger partial charge in [0.15, 0.2) is 15.5 Å². The maximum absolute atomic E-state index is 12.8. The largest absolute Gasteiger partial charge is 0.432 e. The van der Waals surface area contributed by atoms with Gasteiger partial charge in [-0.05, 0) is 30.9 Å². The highest BCUT2D eigenvalue weighted by Gasteiger charge is 2.35. The number of amides is 1. The molecule has 2 aromatic heterocycles. The molecule has 1 saturated heterocycles. The zero-order chi connectivity index (χ0) is 21.2. The summed E-state index contributed by atoms with van der Waals surface area (Å²) >= 11 is 6.10. The monoisotopic (exact) mass is 450 g/mol. The molecule has 1 aliphatic heterocycles. The third kappa shape index (κ3) is 5.47. The van der Waals surface area contributed by atoms with E-state index in [0.717, 1.165) is 0 Å². The summed E-state index contributed by atoms with van der Waals surface area (Å²) < 4.78 is 61.7. The lowest BCUT2D eigenvalue weighted by atomic mass is 10.0. The van der Waals surface area contributed by atoms with Gasteiger partial charge in [-0.25, -0.2) is 8.42 Å². The van der Waals surface area contributed by atoms with E-state index in [-0.39, 0.29) is 36.2 Å². The van der Waals surface area contributed by atoms with Crippen LogP contribution in [-0.2, 0) is 22.6 Å². The van der Waals surface area contributed by atoms with Gasteiger partial charge in [0.1, 0.15) is 5.69 Å². The van der Waals surface area contributed by atoms with Crippen LogP contribution >= 0.6 is 11.6 Å². The van der Waals surface area contributed by atoms with Crippen molar-refractivity contribution in [2.75, 3.05) is 18.1 Å². The van der Waals surface area contributed by atoms with Gasteiger partial charge in [-0.1, -0.05) is 11.6 Å². The van der Waals surface area contributed by atoms with Gasteiger partial charge in [-0.2, -0.15) is 18.3 Å². The van der Waals surface area contributed by atoms with Crippen LogP contribution in [0.2, 0.25) is 5.02 Å². The second-order valence-corrected chi connectivity index (χ2v) is 9.52. The number of nitrogens with one attached hydrogen (secondary N) is 1. The summed E-state index contributed by atoms with van der Waals surface area (Å²) in [5.41, 5.74) is -1.13. The zero-order valence-electron chi connectivity index (χ0n) is 15.1. The van der Waals surface area contributed by atoms with Gasteiger partial charge in [-0.3, -0.25) is 14.9 Å². The summed E-state index contributed by atoms with van der Waals surface area (Å²) in [7, 11) is -3.07. The number of hydrogen-bond donors (Lipinski definition) is 1. The predicted octanol–water partition coefficient (Wildman–Crippen LogP) is 2.94. The Morgan fingerprint density at radius 2 is 2.14 bits per heavy atom. The average Bonchev–Trinajstić information content (AvgIpc) is 3.26. The van der Waals surface area contributed by atoms with E-state index < -0.39 is 27.6 Å². The van der Waals surface area contributed by atoms with Gasteiger partial charge in [0.25, 0.3) is 5.91 Å². The van der Waals surface area contributed by atoms with Gasteiger partial charge in [-0.15, -0.1) is 0 Å². The molecule has 1 amide bonds. The van der Waals surface area contributed by atoms with Crippen molar-refractivity contribution in [2.45, 2.75) is 25.6 Å². The minimum absolute atomic E-state index is 0.0355. The molecule has 12 heteroatoms. The molecule has 0 spiro atoms. The predicted molar refractivity (Wildman–Crippen MR) is 99.0 cm³/mol. The van der Waals surface area contributed by atoms with E-state index in [1.165, 1.54) is 11.1 Å². The zero-order valence-corrected chi connectivity index (χ0v) is 16.7. The Labute approximate surface area is 170 Å². The highest BCUT2D eigenvalue weighted by molar-refractivity contribution is 7.91. The van der Waals surface area contributed by atoms with Crippen molar-refractivity contribution in [1.29, 1.82) is 0 Å². The SMILES string of the molecule is O=C(c1cc(C(F)(F)F)[nH]n1)N(CCC1CCS(=O)(=O)C1)Cc1ncccc1Cl. The molecule has 1 N–H and O–H groups in total. The second kappa shape index (κ2) is 8.31. The third-order valence-electron chi connectivity index (χ3n) is 4.70. The second-order valence-electron chi connectivity index (χ2n) is 6.88. The van der Waals surface area contributed by atoms with Crippen molar-refractivity contribution in [3.8, 4) is 0 Å². The van der Waals surface area contributed by atoms with Gasteiger partial charge < -0.3 is 4.90 Å². The van der Waals surface area contributed by atoms with E-state index in [0.29, 0.717) is 29.6 Å². The lowest BCUT2D eigenvalue weighted by Crippen LogP contribution is -2.33. The Bertz CT molecular complexity index is 994. The maximum atomic E-state index is 12.8. The van der Waals surface area contributed by atoms with E-state index in [9.17, 15) is 26.4 Å². The molecule has 0 saturated carbocycles. The fraction of sp³-hybridized carbons (Fsp3) is 0.471. The van der Waals surface area contributed by atoms with Crippen molar-refractivity contribution < 1.29 is 26.4 Å². The minimum Gasteiger partial charge on any atom is -0.331 e. The molecule has 29 heavy (non-hydrogen) atoms. The lowest BCUT2D eigenvalue weighted by molar-refractivity contribution is -0.141. The maximum Gasteiger partial charge on any atom is 0.432 e. The fourth-order valence-electron chi connectivity index (χ4n) is 3.14. The third-order valence-corrected chi connectivity index (χ3v) is 6.88. The van der Waals surface area contributed by atoms with E-state index in [4.69, 9.17) is 11.6 Å². The number of sulfone groups is 1. The number of alkyl halides is 3. The van der Waals surface area contributed by atoms with E-state index in [1.807, 2.05) is 5.10 Å². The van der Waals surface area contributed by atoms with Crippen molar-refractivity contribution in [1.82, 2.24) is 20.1 Å². The number of carbonyl (C=O) groups excluding carboxylic acids is 1. The van der Waals surface area contributed by atoms with Crippen LogP contribution in [0.5, 0.6) is 0 Å². The number of rotatable bonds is 6. The molecule has 3 rings (SSSR count). The number of H-pyrrole nitrogens is 1. The van der Waals surface area contributed by atoms with Crippen LogP contribution in [0.4, 0.5) is 13.2 Å². The summed E-state index contributed by atoms with van der Waals surface area (Å²) in [4.78, 5) is 18.2. The van der Waals surface area contributed by atoms with E-state index >= 15 is 0 Å². The molecular formula is C17H18ClF3N4O3S. The first-order valence-electron chi connectivity index (χ1n) is 8.77. The van der Waals surface area contributed by atoms with Crippen LogP contribution in [0.3, 0.4) is 0 Å². The van der Waals surface area contributed by atoms with Gasteiger partial charge in [0.2, 0.25) is 0 Å². The first-order chi connectivity index (χ1) is 13.5. The Kier molecular flexibility index (Phi) is 6.18. The topological polar surface area (TPSA) is 96.0 Å². The molecule has 0 bridgehead atoms. The number of aromatic nitrogens is 3. The molecule has 3 heterocycles. The van der Waals surface area contributed by atoms with E-state index in [1.54, 1.807) is 12.1 Å². The Hall–Kier alpha value is -2.14. The molecule has 1 atom stereocenters. The summed E-state index contributed by atoms with van der Waals surface area (Å²) in [6.07, 6.45) is -2.27. The molecule has 0 aromatic carbocycles. The first-order valence-corrected chi connectivity index (χ1v) is 11.0. The smallest absolute Gasteiger partial charge is 0.331 e. The molecular weight excluding hydrogens is 433 g/mol. The molecule has 0 aliphatic carbocycles. The van der Waals surface area contributed by atoms with Crippen molar-refractivity contribution >= 4 is 27.3 Å². The highest BCUT2D eigenvalue weighted by Crippen LogP contribution is 2.28. The molecule has 1 aliphatic rings. The Balaban J connectivity index is 1.79. The summed E-state index contributed by atoms with van der Waals surface area (Å²) in [6.45, 7) is 0.103. The number of nitrogens with zero attached hydrogens (tertiary/aromatic N) is 3. The minimum atomic E-state index is -4.65. The molecule has 1 fully saturated rings. The van der Waals surface area contributed by atoms with Crippen molar-refractivity contribution in [3.05, 3.63) is 46.5 Å². The van der Waals surface area contributed by atoms with Crippen molar-refractivity contribution in [3.63, 3.8) is 0 Å². The van der Waals surface area contributed by atoms with Gasteiger partial charge in [0.05, 0.1) is 28.8 Å². The van der Waals surface area contributed by atoms with Crippen LogP contribution in [0.1, 0.15) is 34.7 Å². The Morgan fingerprint density at radius 1 is 1.38 bits per heavy atom. The van der Waals surface area contributed by atoms with Crippen LogP contribution in [0.15, 0.2) is 24.4 Å². The molecule has 158 valence electrons. The van der Waals surface area contributed by atoms with Crippen LogP contribution < -0.4 is 0 Å². The standard InChI is InChI=1S/C17H18ClF3N4O3S/c18-12-2-1-5-22-14(12)9-25(6-3-11-4-7-29(27,28)10-11)16(26)13-8-15(24-23-13)17(19,20)21/h1-2,5,8,11H,3-4,6-7,9-10H2,(H,23,24). The molecule has 1 unspecified atom stereocenters. The van der Waals surface area contributed by atoms with E-state index in [2.05, 4.69) is 10.1 Å². The summed E-state index contributed by atoms with van der Waals surface area (Å²) in [5.74, 6) is -0.690. The fourth-order valence-corrected chi connectivity index (χ4v) is 5.24. The molecule has 0 radical (unpaired) electrons. The van der Waals surface area contributed by atoms with Crippen molar-refractivity contribution in [2.24, 2.45) is 5.92 Å². The van der Waals surface area contributed by atoms with Crippen LogP contribution in [0, 0.1) is 5.92 Å². The Morgan fingerprint density at radius 3 is 2.72 bits per heavy atom. The number of halogens is 4. The quantitative estimate of drug-likeness (QED) is 0.730. The molecule has 7 nitrogen and oxygen atoms in total. The average molecular weight is 451 g/mol. The number of aromatic amines is 1. The summed E-state index contributed by atoms with van der Waals surface area (Å²) in [5, 5.41) is 5.62. The lowest BCUT2D eigenvalue weighted by Gasteiger charge is -2.23. The number of pyridine rings is 1. The first kappa shape index (κ1) is 21.6. The van der Waals surface area contributed by atoms with Gasteiger partial charge in [0, 0.05) is 18.8 Å². The summed E-state index contributed by atoms with van der Waals surface area (Å²) in [6, 6.07) is 3.85.